The second kappa shape index (κ2) is 8.27. The second-order valence-electron chi connectivity index (χ2n) is 4.55. The van der Waals surface area contributed by atoms with Crippen LogP contribution in [0.25, 0.3) is 0 Å². The lowest BCUT2D eigenvalue weighted by Crippen LogP contribution is -2.32. The van der Waals surface area contributed by atoms with Gasteiger partial charge in [-0.2, -0.15) is 5.10 Å². The number of likely N-dealkylation sites (N-methyl/N-ethyl adjacent to an activating group) is 1. The number of hydrogen-bond acceptors (Lipinski definition) is 3. The van der Waals surface area contributed by atoms with Crippen LogP contribution in [0.3, 0.4) is 0 Å². The Hall–Kier alpha value is -0.870. The number of nitrogens with one attached hydrogen (secondary N) is 1. The molecule has 0 fully saturated rings. The number of aromatic nitrogens is 2. The van der Waals surface area contributed by atoms with Crippen molar-refractivity contribution in [1.82, 2.24) is 15.1 Å². The van der Waals surface area contributed by atoms with Crippen LogP contribution in [-0.4, -0.2) is 35.6 Å². The van der Waals surface area contributed by atoms with Crippen molar-refractivity contribution < 1.29 is 4.74 Å². The van der Waals surface area contributed by atoms with E-state index in [1.54, 1.807) is 0 Å². The smallest absolute Gasteiger partial charge is 0.0624 e. The standard InChI is InChI=1S/C14H27N3O/c1-5-12-10-14(17(4)16-12)11-13(15-6-2)8-9-18-7-3/h10,13,15H,5-9,11H2,1-4H3. The Morgan fingerprint density at radius 3 is 2.72 bits per heavy atom. The Morgan fingerprint density at radius 2 is 2.17 bits per heavy atom. The van der Waals surface area contributed by atoms with Crippen LogP contribution in [0.15, 0.2) is 6.07 Å². The van der Waals surface area contributed by atoms with E-state index >= 15 is 0 Å². The summed E-state index contributed by atoms with van der Waals surface area (Å²) in [4.78, 5) is 0. The SMILES string of the molecule is CCNC(CCOCC)Cc1cc(CC)nn1C. The van der Waals surface area contributed by atoms with Crippen molar-refractivity contribution in [3.63, 3.8) is 0 Å². The molecule has 4 heteroatoms. The van der Waals surface area contributed by atoms with Crippen LogP contribution in [0, 0.1) is 0 Å². The Bertz CT molecular complexity index is 336. The molecule has 0 spiro atoms. The molecule has 1 aromatic heterocycles. The fourth-order valence-corrected chi connectivity index (χ4v) is 2.12. The molecule has 18 heavy (non-hydrogen) atoms. The molecular formula is C14H27N3O. The topological polar surface area (TPSA) is 39.1 Å². The van der Waals surface area contributed by atoms with Gasteiger partial charge in [-0.15, -0.1) is 0 Å². The van der Waals surface area contributed by atoms with Gasteiger partial charge >= 0.3 is 0 Å². The molecule has 1 aromatic rings. The monoisotopic (exact) mass is 253 g/mol. The first-order chi connectivity index (χ1) is 8.71. The van der Waals surface area contributed by atoms with Crippen molar-refractivity contribution in [2.24, 2.45) is 7.05 Å². The first kappa shape index (κ1) is 15.2. The average Bonchev–Trinajstić information content (AvgIpc) is 2.71. The predicted octanol–water partition coefficient (Wildman–Crippen LogP) is 1.93. The summed E-state index contributed by atoms with van der Waals surface area (Å²) in [5.74, 6) is 0. The van der Waals surface area contributed by atoms with Crippen molar-refractivity contribution in [3.8, 4) is 0 Å². The van der Waals surface area contributed by atoms with E-state index in [9.17, 15) is 0 Å². The first-order valence-corrected chi connectivity index (χ1v) is 7.04. The van der Waals surface area contributed by atoms with Gasteiger partial charge < -0.3 is 10.1 Å². The van der Waals surface area contributed by atoms with Gasteiger partial charge in [0.25, 0.3) is 0 Å². The highest BCUT2D eigenvalue weighted by molar-refractivity contribution is 5.11. The molecule has 0 bridgehead atoms. The predicted molar refractivity (Wildman–Crippen MR) is 74.9 cm³/mol. The van der Waals surface area contributed by atoms with Crippen LogP contribution in [0.2, 0.25) is 0 Å². The largest absolute Gasteiger partial charge is 0.382 e. The second-order valence-corrected chi connectivity index (χ2v) is 4.55. The van der Waals surface area contributed by atoms with Crippen LogP contribution in [0.5, 0.6) is 0 Å². The quantitative estimate of drug-likeness (QED) is 0.684. The van der Waals surface area contributed by atoms with Gasteiger partial charge in [-0.1, -0.05) is 13.8 Å². The summed E-state index contributed by atoms with van der Waals surface area (Å²) in [6, 6.07) is 2.69. The van der Waals surface area contributed by atoms with E-state index in [1.807, 2.05) is 18.7 Å². The number of rotatable bonds is 9. The molecule has 0 saturated carbocycles. The third kappa shape index (κ3) is 4.78. The lowest BCUT2D eigenvalue weighted by atomic mass is 10.1. The minimum atomic E-state index is 0.474. The van der Waals surface area contributed by atoms with Crippen molar-refractivity contribution in [2.75, 3.05) is 19.8 Å². The normalized spacial score (nSPS) is 12.9. The maximum Gasteiger partial charge on any atom is 0.0624 e. The molecule has 4 nitrogen and oxygen atoms in total. The third-order valence-corrected chi connectivity index (χ3v) is 3.15. The molecule has 104 valence electrons. The number of aryl methyl sites for hydroxylation is 2. The van der Waals surface area contributed by atoms with Crippen molar-refractivity contribution in [1.29, 1.82) is 0 Å². The minimum Gasteiger partial charge on any atom is -0.382 e. The summed E-state index contributed by atoms with van der Waals surface area (Å²) in [6.45, 7) is 8.95. The summed E-state index contributed by atoms with van der Waals surface area (Å²) >= 11 is 0. The summed E-state index contributed by atoms with van der Waals surface area (Å²) in [7, 11) is 2.03. The fourth-order valence-electron chi connectivity index (χ4n) is 2.12. The van der Waals surface area contributed by atoms with Gasteiger partial charge in [-0.3, -0.25) is 4.68 Å². The van der Waals surface area contributed by atoms with E-state index in [0.29, 0.717) is 6.04 Å². The zero-order valence-corrected chi connectivity index (χ0v) is 12.2. The first-order valence-electron chi connectivity index (χ1n) is 7.04. The summed E-state index contributed by atoms with van der Waals surface area (Å²) in [5.41, 5.74) is 2.47. The van der Waals surface area contributed by atoms with Gasteiger partial charge in [0, 0.05) is 38.4 Å². The number of hydrogen-bond donors (Lipinski definition) is 1. The molecule has 0 aliphatic heterocycles. The zero-order chi connectivity index (χ0) is 13.4. The van der Waals surface area contributed by atoms with Crippen LogP contribution in [-0.2, 0) is 24.6 Å². The maximum absolute atomic E-state index is 5.44. The van der Waals surface area contributed by atoms with E-state index in [4.69, 9.17) is 4.74 Å². The van der Waals surface area contributed by atoms with Crippen molar-refractivity contribution in [3.05, 3.63) is 17.5 Å². The minimum absolute atomic E-state index is 0.474. The van der Waals surface area contributed by atoms with Gasteiger partial charge in [0.1, 0.15) is 0 Å². The zero-order valence-electron chi connectivity index (χ0n) is 12.2. The Labute approximate surface area is 111 Å². The maximum atomic E-state index is 5.44. The van der Waals surface area contributed by atoms with E-state index in [2.05, 4.69) is 30.3 Å². The molecule has 0 amide bonds. The van der Waals surface area contributed by atoms with Gasteiger partial charge in [0.2, 0.25) is 0 Å². The Morgan fingerprint density at radius 1 is 1.39 bits per heavy atom. The van der Waals surface area contributed by atoms with Crippen molar-refractivity contribution >= 4 is 0 Å². The lowest BCUT2D eigenvalue weighted by molar-refractivity contribution is 0.136. The molecule has 1 N–H and O–H groups in total. The van der Waals surface area contributed by atoms with E-state index in [0.717, 1.165) is 39.0 Å². The van der Waals surface area contributed by atoms with E-state index in [-0.39, 0.29) is 0 Å². The Kier molecular flexibility index (Phi) is 6.98. The van der Waals surface area contributed by atoms with Crippen LogP contribution in [0.4, 0.5) is 0 Å². The van der Waals surface area contributed by atoms with Crippen LogP contribution < -0.4 is 5.32 Å². The molecule has 0 aliphatic carbocycles. The molecule has 0 aromatic carbocycles. The fraction of sp³-hybridized carbons (Fsp3) is 0.786. The van der Waals surface area contributed by atoms with Gasteiger partial charge in [0.15, 0.2) is 0 Å². The lowest BCUT2D eigenvalue weighted by Gasteiger charge is -2.17. The number of ether oxygens (including phenoxy) is 1. The molecule has 1 rings (SSSR count). The highest BCUT2D eigenvalue weighted by Gasteiger charge is 2.12. The molecule has 0 radical (unpaired) electrons. The molecular weight excluding hydrogens is 226 g/mol. The highest BCUT2D eigenvalue weighted by atomic mass is 16.5. The highest BCUT2D eigenvalue weighted by Crippen LogP contribution is 2.09. The van der Waals surface area contributed by atoms with E-state index in [1.165, 1.54) is 11.4 Å². The van der Waals surface area contributed by atoms with E-state index < -0.39 is 0 Å². The molecule has 0 saturated heterocycles. The summed E-state index contributed by atoms with van der Waals surface area (Å²) < 4.78 is 7.45. The van der Waals surface area contributed by atoms with Gasteiger partial charge in [-0.05, 0) is 32.4 Å². The summed E-state index contributed by atoms with van der Waals surface area (Å²) in [5, 5.41) is 8.02. The molecule has 1 atom stereocenters. The van der Waals surface area contributed by atoms with Crippen molar-refractivity contribution in [2.45, 2.75) is 46.1 Å². The molecule has 0 aliphatic rings. The Balaban J connectivity index is 2.55. The molecule has 1 heterocycles. The van der Waals surface area contributed by atoms with Gasteiger partial charge in [-0.25, -0.2) is 0 Å². The average molecular weight is 253 g/mol. The number of nitrogens with zero attached hydrogens (tertiary/aromatic N) is 2. The van der Waals surface area contributed by atoms with Crippen LogP contribution in [0.1, 0.15) is 38.6 Å². The molecule has 1 unspecified atom stereocenters. The van der Waals surface area contributed by atoms with Crippen LogP contribution >= 0.6 is 0 Å². The summed E-state index contributed by atoms with van der Waals surface area (Å²) in [6.07, 6.45) is 3.07. The van der Waals surface area contributed by atoms with Gasteiger partial charge in [0.05, 0.1) is 5.69 Å². The third-order valence-electron chi connectivity index (χ3n) is 3.15.